The van der Waals surface area contributed by atoms with Crippen LogP contribution in [0.1, 0.15) is 6.42 Å². The lowest BCUT2D eigenvalue weighted by molar-refractivity contribution is -0.121. The van der Waals surface area contributed by atoms with Crippen LogP contribution in [0.4, 0.5) is 11.4 Å². The minimum absolute atomic E-state index is 0.0353. The molecule has 4 rings (SSSR count). The first-order valence-corrected chi connectivity index (χ1v) is 11.5. The first-order valence-electron chi connectivity index (χ1n) is 11.5. The fourth-order valence-electron chi connectivity index (χ4n) is 3.65. The van der Waals surface area contributed by atoms with Gasteiger partial charge in [0.1, 0.15) is 28.7 Å². The van der Waals surface area contributed by atoms with Gasteiger partial charge >= 0.3 is 0 Å². The molecule has 0 bridgehead atoms. The number of amides is 2. The van der Waals surface area contributed by atoms with Gasteiger partial charge in [-0.25, -0.2) is 0 Å². The standard InChI is InChI=1S/C27H28N2O7/c1-32-20-8-10-21(11-9-20)34-14-4-13-29-24-15-19(7-12-25(24)36-18-27(29)31)28-26(30)17-35-23-6-3-5-22(16-23)33-2/h3,5-12,15-16H,4,13-14,17-18H2,1-2H3,(H,28,30). The van der Waals surface area contributed by atoms with Crippen molar-refractivity contribution in [1.82, 2.24) is 0 Å². The van der Waals surface area contributed by atoms with Crippen molar-refractivity contribution in [3.63, 3.8) is 0 Å². The first kappa shape index (κ1) is 24.7. The van der Waals surface area contributed by atoms with Crippen LogP contribution in [0.5, 0.6) is 28.7 Å². The lowest BCUT2D eigenvalue weighted by atomic mass is 10.2. The molecular formula is C27H28N2O7. The third-order valence-electron chi connectivity index (χ3n) is 5.45. The normalized spacial score (nSPS) is 12.3. The van der Waals surface area contributed by atoms with Crippen molar-refractivity contribution in [2.24, 2.45) is 0 Å². The molecule has 3 aromatic rings. The molecule has 0 aliphatic carbocycles. The largest absolute Gasteiger partial charge is 0.497 e. The number of nitrogens with zero attached hydrogens (tertiary/aromatic N) is 1. The molecule has 0 atom stereocenters. The molecule has 9 nitrogen and oxygen atoms in total. The van der Waals surface area contributed by atoms with Gasteiger partial charge in [-0.05, 0) is 61.0 Å². The SMILES string of the molecule is COc1ccc(OCCCN2C(=O)COc3ccc(NC(=O)COc4cccc(OC)c4)cc32)cc1. The molecule has 0 aromatic heterocycles. The molecule has 3 aromatic carbocycles. The highest BCUT2D eigenvalue weighted by Gasteiger charge is 2.25. The zero-order valence-corrected chi connectivity index (χ0v) is 20.2. The van der Waals surface area contributed by atoms with Crippen molar-refractivity contribution >= 4 is 23.2 Å². The van der Waals surface area contributed by atoms with Gasteiger partial charge in [0.05, 0.1) is 26.5 Å². The summed E-state index contributed by atoms with van der Waals surface area (Å²) in [6.45, 7) is 0.671. The molecule has 36 heavy (non-hydrogen) atoms. The van der Waals surface area contributed by atoms with E-state index in [2.05, 4.69) is 5.32 Å². The van der Waals surface area contributed by atoms with E-state index >= 15 is 0 Å². The van der Waals surface area contributed by atoms with Gasteiger partial charge in [-0.15, -0.1) is 0 Å². The van der Waals surface area contributed by atoms with E-state index in [9.17, 15) is 9.59 Å². The van der Waals surface area contributed by atoms with E-state index in [0.29, 0.717) is 48.2 Å². The van der Waals surface area contributed by atoms with Gasteiger partial charge in [0.2, 0.25) is 0 Å². The molecule has 1 aliphatic rings. The average Bonchev–Trinajstić information content (AvgIpc) is 2.91. The molecular weight excluding hydrogens is 464 g/mol. The quantitative estimate of drug-likeness (QED) is 0.406. The number of benzene rings is 3. The third-order valence-corrected chi connectivity index (χ3v) is 5.45. The van der Waals surface area contributed by atoms with Crippen LogP contribution in [0.3, 0.4) is 0 Å². The number of carbonyl (C=O) groups excluding carboxylic acids is 2. The molecule has 0 radical (unpaired) electrons. The third kappa shape index (κ3) is 6.38. The number of nitrogens with one attached hydrogen (secondary N) is 1. The maximum Gasteiger partial charge on any atom is 0.265 e. The zero-order valence-electron chi connectivity index (χ0n) is 20.2. The Morgan fingerprint density at radius 2 is 1.67 bits per heavy atom. The van der Waals surface area contributed by atoms with Crippen LogP contribution in [0.2, 0.25) is 0 Å². The molecule has 0 spiro atoms. The highest BCUT2D eigenvalue weighted by molar-refractivity contribution is 5.99. The van der Waals surface area contributed by atoms with Crippen molar-refractivity contribution in [2.45, 2.75) is 6.42 Å². The smallest absolute Gasteiger partial charge is 0.265 e. The number of methoxy groups -OCH3 is 2. The Morgan fingerprint density at radius 1 is 0.917 bits per heavy atom. The molecule has 0 saturated heterocycles. The lowest BCUT2D eigenvalue weighted by Gasteiger charge is -2.30. The van der Waals surface area contributed by atoms with Gasteiger partial charge < -0.3 is 33.9 Å². The molecule has 9 heteroatoms. The minimum atomic E-state index is -0.333. The van der Waals surface area contributed by atoms with Crippen LogP contribution in [0, 0.1) is 0 Å². The summed E-state index contributed by atoms with van der Waals surface area (Å²) in [5.74, 6) is 2.74. The summed E-state index contributed by atoms with van der Waals surface area (Å²) in [5.41, 5.74) is 1.13. The Hall–Kier alpha value is -4.40. The lowest BCUT2D eigenvalue weighted by Crippen LogP contribution is -2.39. The summed E-state index contributed by atoms with van der Waals surface area (Å²) in [6.07, 6.45) is 0.613. The fraction of sp³-hybridized carbons (Fsp3) is 0.259. The van der Waals surface area contributed by atoms with E-state index in [-0.39, 0.29) is 25.0 Å². The van der Waals surface area contributed by atoms with Gasteiger partial charge in [-0.3, -0.25) is 9.59 Å². The second kappa shape index (κ2) is 11.8. The Labute approximate surface area is 209 Å². The van der Waals surface area contributed by atoms with E-state index in [1.165, 1.54) is 0 Å². The van der Waals surface area contributed by atoms with Crippen molar-refractivity contribution in [3.8, 4) is 28.7 Å². The summed E-state index contributed by atoms with van der Waals surface area (Å²) in [4.78, 5) is 26.7. The zero-order chi connectivity index (χ0) is 25.3. The summed E-state index contributed by atoms with van der Waals surface area (Å²) >= 11 is 0. The maximum atomic E-state index is 12.6. The van der Waals surface area contributed by atoms with Crippen molar-refractivity contribution in [1.29, 1.82) is 0 Å². The second-order valence-electron chi connectivity index (χ2n) is 7.91. The maximum absolute atomic E-state index is 12.6. The van der Waals surface area contributed by atoms with Crippen molar-refractivity contribution in [2.75, 3.05) is 50.8 Å². The number of anilines is 2. The number of rotatable bonds is 11. The minimum Gasteiger partial charge on any atom is -0.497 e. The monoisotopic (exact) mass is 492 g/mol. The Balaban J connectivity index is 1.33. The van der Waals surface area contributed by atoms with Gasteiger partial charge in [0.25, 0.3) is 11.8 Å². The topological polar surface area (TPSA) is 95.6 Å². The summed E-state index contributed by atoms with van der Waals surface area (Å²) in [7, 11) is 3.17. The first-order chi connectivity index (χ1) is 17.6. The van der Waals surface area contributed by atoms with Gasteiger partial charge in [0, 0.05) is 18.3 Å². The molecule has 1 aliphatic heterocycles. The molecule has 0 unspecified atom stereocenters. The number of fused-ring (bicyclic) bond motifs is 1. The van der Waals surface area contributed by atoms with Crippen molar-refractivity contribution < 1.29 is 33.3 Å². The molecule has 1 heterocycles. The van der Waals surface area contributed by atoms with Gasteiger partial charge in [0.15, 0.2) is 13.2 Å². The van der Waals surface area contributed by atoms with E-state index in [1.54, 1.807) is 61.6 Å². The van der Waals surface area contributed by atoms with Crippen LogP contribution in [0.25, 0.3) is 0 Å². The van der Waals surface area contributed by atoms with Gasteiger partial charge in [-0.1, -0.05) is 6.07 Å². The Morgan fingerprint density at radius 3 is 2.44 bits per heavy atom. The molecule has 0 fully saturated rings. The van der Waals surface area contributed by atoms with Crippen LogP contribution in [-0.4, -0.2) is 52.4 Å². The number of carbonyl (C=O) groups is 2. The Kier molecular flexibility index (Phi) is 8.12. The van der Waals surface area contributed by atoms with E-state index in [4.69, 9.17) is 23.7 Å². The van der Waals surface area contributed by atoms with Crippen LogP contribution < -0.4 is 33.9 Å². The Bertz CT molecular complexity index is 1200. The second-order valence-corrected chi connectivity index (χ2v) is 7.91. The highest BCUT2D eigenvalue weighted by Crippen LogP contribution is 2.34. The fourth-order valence-corrected chi connectivity index (χ4v) is 3.65. The molecule has 0 saturated carbocycles. The van der Waals surface area contributed by atoms with Crippen LogP contribution in [0.15, 0.2) is 66.7 Å². The summed E-state index contributed by atoms with van der Waals surface area (Å²) in [6, 6.07) is 19.5. The number of ether oxygens (including phenoxy) is 5. The number of hydrogen-bond acceptors (Lipinski definition) is 7. The van der Waals surface area contributed by atoms with E-state index < -0.39 is 0 Å². The number of hydrogen-bond donors (Lipinski definition) is 1. The summed E-state index contributed by atoms with van der Waals surface area (Å²) < 4.78 is 27.2. The molecule has 1 N–H and O–H groups in total. The summed E-state index contributed by atoms with van der Waals surface area (Å²) in [5, 5.41) is 2.80. The predicted octanol–water partition coefficient (Wildman–Crippen LogP) is 3.92. The van der Waals surface area contributed by atoms with Crippen LogP contribution in [-0.2, 0) is 9.59 Å². The van der Waals surface area contributed by atoms with Crippen LogP contribution >= 0.6 is 0 Å². The molecule has 188 valence electrons. The average molecular weight is 493 g/mol. The van der Waals surface area contributed by atoms with Gasteiger partial charge in [-0.2, -0.15) is 0 Å². The molecule has 2 amide bonds. The van der Waals surface area contributed by atoms with E-state index in [0.717, 1.165) is 11.5 Å². The predicted molar refractivity (Wildman–Crippen MR) is 135 cm³/mol. The van der Waals surface area contributed by atoms with E-state index in [1.807, 2.05) is 24.3 Å². The van der Waals surface area contributed by atoms with Crippen molar-refractivity contribution in [3.05, 3.63) is 66.7 Å². The highest BCUT2D eigenvalue weighted by atomic mass is 16.5.